The standard InChI is InChI=1S/C23H23F2N3OS/c1-14-12-17(25)9-10-19(14)22-27-20(21(30-22)15-5-7-16(24)8-6-15)23(29)28-11-3-2-4-18(28)13-26/h5-10,12,18H,2-4,11,13,26H2,1H3. The summed E-state index contributed by atoms with van der Waals surface area (Å²) in [6.45, 7) is 2.87. The summed E-state index contributed by atoms with van der Waals surface area (Å²) in [4.78, 5) is 20.7. The molecule has 0 radical (unpaired) electrons. The Hall–Kier alpha value is -2.64. The van der Waals surface area contributed by atoms with Crippen LogP contribution in [0, 0.1) is 18.6 Å². The second-order valence-electron chi connectivity index (χ2n) is 7.55. The predicted octanol–water partition coefficient (Wildman–Crippen LogP) is 5.02. The molecule has 4 rings (SSSR count). The number of piperidine rings is 1. The maximum atomic E-state index is 13.6. The number of nitrogens with zero attached hydrogens (tertiary/aromatic N) is 2. The Balaban J connectivity index is 1.82. The topological polar surface area (TPSA) is 59.2 Å². The SMILES string of the molecule is Cc1cc(F)ccc1-c1nc(C(=O)N2CCCCC2CN)c(-c2ccc(F)cc2)s1. The van der Waals surface area contributed by atoms with Crippen LogP contribution < -0.4 is 5.73 Å². The van der Waals surface area contributed by atoms with Crippen molar-refractivity contribution in [1.29, 1.82) is 0 Å². The normalized spacial score (nSPS) is 16.7. The van der Waals surface area contributed by atoms with Crippen molar-refractivity contribution in [1.82, 2.24) is 9.88 Å². The van der Waals surface area contributed by atoms with Crippen molar-refractivity contribution in [3.8, 4) is 21.0 Å². The molecule has 2 heterocycles. The summed E-state index contributed by atoms with van der Waals surface area (Å²) in [7, 11) is 0. The molecular weight excluding hydrogens is 404 g/mol. The zero-order valence-corrected chi connectivity index (χ0v) is 17.5. The molecule has 1 fully saturated rings. The van der Waals surface area contributed by atoms with Gasteiger partial charge in [0.05, 0.1) is 4.88 Å². The number of amides is 1. The summed E-state index contributed by atoms with van der Waals surface area (Å²) in [5.74, 6) is -0.821. The molecule has 4 nitrogen and oxygen atoms in total. The lowest BCUT2D eigenvalue weighted by atomic mass is 10.0. The number of hydrogen-bond donors (Lipinski definition) is 1. The number of hydrogen-bond acceptors (Lipinski definition) is 4. The number of thiazole rings is 1. The van der Waals surface area contributed by atoms with Crippen molar-refractivity contribution in [2.24, 2.45) is 5.73 Å². The van der Waals surface area contributed by atoms with Crippen LogP contribution in [0.25, 0.3) is 21.0 Å². The van der Waals surface area contributed by atoms with E-state index in [0.717, 1.165) is 36.0 Å². The summed E-state index contributed by atoms with van der Waals surface area (Å²) < 4.78 is 27.1. The number of likely N-dealkylation sites (tertiary alicyclic amines) is 1. The summed E-state index contributed by atoms with van der Waals surface area (Å²) in [5.41, 5.74) is 8.50. The fourth-order valence-corrected chi connectivity index (χ4v) is 5.05. The van der Waals surface area contributed by atoms with Crippen LogP contribution in [0.3, 0.4) is 0 Å². The lowest BCUT2D eigenvalue weighted by Crippen LogP contribution is -2.47. The Morgan fingerprint density at radius 2 is 1.90 bits per heavy atom. The van der Waals surface area contributed by atoms with Crippen LogP contribution in [0.2, 0.25) is 0 Å². The highest BCUT2D eigenvalue weighted by atomic mass is 32.1. The molecule has 1 saturated heterocycles. The quantitative estimate of drug-likeness (QED) is 0.636. The summed E-state index contributed by atoms with van der Waals surface area (Å²) in [6, 6.07) is 10.5. The van der Waals surface area contributed by atoms with E-state index < -0.39 is 0 Å². The molecule has 0 saturated carbocycles. The van der Waals surface area contributed by atoms with E-state index in [1.807, 2.05) is 11.8 Å². The van der Waals surface area contributed by atoms with Gasteiger partial charge in [-0.05, 0) is 67.6 Å². The molecule has 7 heteroatoms. The van der Waals surface area contributed by atoms with Gasteiger partial charge in [0.15, 0.2) is 0 Å². The van der Waals surface area contributed by atoms with Gasteiger partial charge in [-0.15, -0.1) is 11.3 Å². The smallest absolute Gasteiger partial charge is 0.274 e. The van der Waals surface area contributed by atoms with Gasteiger partial charge in [0.25, 0.3) is 5.91 Å². The molecule has 2 N–H and O–H groups in total. The van der Waals surface area contributed by atoms with Crippen molar-refractivity contribution in [3.63, 3.8) is 0 Å². The maximum absolute atomic E-state index is 13.6. The van der Waals surface area contributed by atoms with Gasteiger partial charge in [0, 0.05) is 24.7 Å². The first-order chi connectivity index (χ1) is 14.5. The van der Waals surface area contributed by atoms with Crippen LogP contribution in [0.15, 0.2) is 42.5 Å². The highest BCUT2D eigenvalue weighted by Gasteiger charge is 2.31. The highest BCUT2D eigenvalue weighted by Crippen LogP contribution is 2.38. The zero-order chi connectivity index (χ0) is 21.3. The Labute approximate surface area is 178 Å². The van der Waals surface area contributed by atoms with E-state index in [2.05, 4.69) is 4.98 Å². The Kier molecular flexibility index (Phi) is 5.92. The molecule has 0 aliphatic carbocycles. The molecule has 156 valence electrons. The van der Waals surface area contributed by atoms with Gasteiger partial charge in [0.2, 0.25) is 0 Å². The van der Waals surface area contributed by atoms with Crippen LogP contribution in [0.5, 0.6) is 0 Å². The third-order valence-corrected chi connectivity index (χ3v) is 6.65. The van der Waals surface area contributed by atoms with Gasteiger partial charge in [-0.2, -0.15) is 0 Å². The average Bonchev–Trinajstić information content (AvgIpc) is 3.18. The third kappa shape index (κ3) is 4.00. The first kappa shape index (κ1) is 20.6. The molecule has 1 aliphatic rings. The van der Waals surface area contributed by atoms with E-state index >= 15 is 0 Å². The van der Waals surface area contributed by atoms with Crippen molar-refractivity contribution in [2.45, 2.75) is 32.2 Å². The molecule has 1 amide bonds. The molecule has 1 aromatic heterocycles. The lowest BCUT2D eigenvalue weighted by molar-refractivity contribution is 0.0619. The summed E-state index contributed by atoms with van der Waals surface area (Å²) in [5, 5.41) is 0.636. The van der Waals surface area contributed by atoms with E-state index in [1.165, 1.54) is 35.6 Å². The van der Waals surface area contributed by atoms with E-state index in [1.54, 1.807) is 18.2 Å². The largest absolute Gasteiger partial charge is 0.333 e. The second-order valence-corrected chi connectivity index (χ2v) is 8.55. The van der Waals surface area contributed by atoms with Gasteiger partial charge >= 0.3 is 0 Å². The molecule has 2 aromatic carbocycles. The molecular formula is C23H23F2N3OS. The zero-order valence-electron chi connectivity index (χ0n) is 16.7. The molecule has 30 heavy (non-hydrogen) atoms. The highest BCUT2D eigenvalue weighted by molar-refractivity contribution is 7.18. The van der Waals surface area contributed by atoms with Crippen molar-refractivity contribution in [2.75, 3.05) is 13.1 Å². The van der Waals surface area contributed by atoms with Crippen LogP contribution in [-0.2, 0) is 0 Å². The number of aryl methyl sites for hydroxylation is 1. The number of carbonyl (C=O) groups is 1. The van der Waals surface area contributed by atoms with Gasteiger partial charge in [-0.3, -0.25) is 4.79 Å². The summed E-state index contributed by atoms with van der Waals surface area (Å²) in [6.07, 6.45) is 2.86. The van der Waals surface area contributed by atoms with Gasteiger partial charge < -0.3 is 10.6 Å². The molecule has 1 aliphatic heterocycles. The van der Waals surface area contributed by atoms with E-state index in [-0.39, 0.29) is 23.6 Å². The Bertz CT molecular complexity index is 1060. The summed E-state index contributed by atoms with van der Waals surface area (Å²) >= 11 is 1.36. The fraction of sp³-hybridized carbons (Fsp3) is 0.304. The minimum atomic E-state index is -0.343. The van der Waals surface area contributed by atoms with Crippen LogP contribution in [0.1, 0.15) is 35.3 Å². The predicted molar refractivity (Wildman–Crippen MR) is 115 cm³/mol. The molecule has 1 unspecified atom stereocenters. The number of carbonyl (C=O) groups excluding carboxylic acids is 1. The van der Waals surface area contributed by atoms with Crippen LogP contribution in [-0.4, -0.2) is 34.9 Å². The number of halogens is 2. The number of benzene rings is 2. The third-order valence-electron chi connectivity index (χ3n) is 5.52. The Morgan fingerprint density at radius 3 is 2.60 bits per heavy atom. The fourth-order valence-electron chi connectivity index (χ4n) is 3.89. The second kappa shape index (κ2) is 8.62. The van der Waals surface area contributed by atoms with Crippen molar-refractivity contribution in [3.05, 3.63) is 65.4 Å². The number of rotatable bonds is 4. The average molecular weight is 428 g/mol. The maximum Gasteiger partial charge on any atom is 0.274 e. The molecule has 0 spiro atoms. The van der Waals surface area contributed by atoms with Crippen LogP contribution >= 0.6 is 11.3 Å². The molecule has 3 aromatic rings. The van der Waals surface area contributed by atoms with Gasteiger partial charge in [0.1, 0.15) is 22.3 Å². The molecule has 0 bridgehead atoms. The molecule has 1 atom stereocenters. The van der Waals surface area contributed by atoms with E-state index in [0.29, 0.717) is 28.7 Å². The van der Waals surface area contributed by atoms with E-state index in [9.17, 15) is 13.6 Å². The first-order valence-corrected chi connectivity index (χ1v) is 10.8. The lowest BCUT2D eigenvalue weighted by Gasteiger charge is -2.34. The number of nitrogens with two attached hydrogens (primary N) is 1. The van der Waals surface area contributed by atoms with E-state index in [4.69, 9.17) is 5.73 Å². The van der Waals surface area contributed by atoms with Crippen molar-refractivity contribution >= 4 is 17.2 Å². The Morgan fingerprint density at radius 1 is 1.17 bits per heavy atom. The monoisotopic (exact) mass is 427 g/mol. The van der Waals surface area contributed by atoms with Gasteiger partial charge in [-0.1, -0.05) is 12.1 Å². The first-order valence-electron chi connectivity index (χ1n) is 10.0. The minimum absolute atomic E-state index is 0.00924. The van der Waals surface area contributed by atoms with Gasteiger partial charge in [-0.25, -0.2) is 13.8 Å². The van der Waals surface area contributed by atoms with Crippen LogP contribution in [0.4, 0.5) is 8.78 Å². The minimum Gasteiger partial charge on any atom is -0.333 e. The number of aromatic nitrogens is 1. The van der Waals surface area contributed by atoms with Crippen molar-refractivity contribution < 1.29 is 13.6 Å².